The third kappa shape index (κ3) is 2.87. The van der Waals surface area contributed by atoms with Crippen molar-refractivity contribution in [2.75, 3.05) is 17.7 Å². The number of aryl methyl sites for hydroxylation is 1. The molecular formula is C12H15Cl2N3S. The van der Waals surface area contributed by atoms with Gasteiger partial charge >= 0.3 is 0 Å². The van der Waals surface area contributed by atoms with Gasteiger partial charge in [0, 0.05) is 6.54 Å². The molecule has 98 valence electrons. The number of nitrogens with zero attached hydrogens (tertiary/aromatic N) is 2. The minimum atomic E-state index is 0.510. The highest BCUT2D eigenvalue weighted by molar-refractivity contribution is 7.98. The Morgan fingerprint density at radius 3 is 2.72 bits per heavy atom. The third-order valence-corrected chi connectivity index (χ3v) is 4.22. The first-order chi connectivity index (χ1) is 8.63. The van der Waals surface area contributed by atoms with E-state index in [9.17, 15) is 0 Å². The molecule has 0 atom stereocenters. The van der Waals surface area contributed by atoms with E-state index < -0.39 is 0 Å². The molecule has 3 nitrogen and oxygen atoms in total. The molecule has 1 aromatic heterocycles. The van der Waals surface area contributed by atoms with Crippen molar-refractivity contribution in [1.82, 2.24) is 9.55 Å². The second kappa shape index (κ2) is 6.04. The maximum atomic E-state index is 6.04. The van der Waals surface area contributed by atoms with Crippen LogP contribution in [0.4, 0.5) is 5.95 Å². The summed E-state index contributed by atoms with van der Waals surface area (Å²) in [5, 5.41) is 1.05. The van der Waals surface area contributed by atoms with Gasteiger partial charge in [-0.05, 0) is 37.0 Å². The van der Waals surface area contributed by atoms with E-state index in [4.69, 9.17) is 28.9 Å². The molecule has 2 rings (SSSR count). The second-order valence-corrected chi connectivity index (χ2v) is 5.88. The summed E-state index contributed by atoms with van der Waals surface area (Å²) in [5.74, 6) is 1.69. The third-order valence-electron chi connectivity index (χ3n) is 2.80. The van der Waals surface area contributed by atoms with Crippen LogP contribution in [0.5, 0.6) is 0 Å². The zero-order valence-corrected chi connectivity index (χ0v) is 12.4. The first-order valence-electron chi connectivity index (χ1n) is 5.73. The topological polar surface area (TPSA) is 43.8 Å². The number of nitrogen functional groups attached to an aromatic ring is 1. The first kappa shape index (κ1) is 13.8. The minimum absolute atomic E-state index is 0.510. The molecule has 1 heterocycles. The van der Waals surface area contributed by atoms with Gasteiger partial charge in [-0.2, -0.15) is 11.8 Å². The van der Waals surface area contributed by atoms with Gasteiger partial charge in [0.15, 0.2) is 0 Å². The maximum Gasteiger partial charge on any atom is 0.201 e. The molecule has 6 heteroatoms. The predicted octanol–water partition coefficient (Wildman–Crippen LogP) is 4.07. The Hall–Kier alpha value is -0.580. The van der Waals surface area contributed by atoms with Gasteiger partial charge in [0.05, 0.1) is 21.1 Å². The summed E-state index contributed by atoms with van der Waals surface area (Å²) in [5.41, 5.74) is 7.68. The number of nitrogens with two attached hydrogens (primary N) is 1. The molecule has 0 bridgehead atoms. The van der Waals surface area contributed by atoms with Crippen LogP contribution >= 0.6 is 35.0 Å². The van der Waals surface area contributed by atoms with Gasteiger partial charge in [-0.3, -0.25) is 0 Å². The lowest BCUT2D eigenvalue weighted by Crippen LogP contribution is -2.03. The molecule has 0 saturated heterocycles. The Labute approximate surface area is 121 Å². The van der Waals surface area contributed by atoms with E-state index in [0.717, 1.165) is 24.0 Å². The molecule has 2 aromatic rings. The fourth-order valence-electron chi connectivity index (χ4n) is 1.89. The number of rotatable bonds is 5. The summed E-state index contributed by atoms with van der Waals surface area (Å²) in [6.07, 6.45) is 4.36. The van der Waals surface area contributed by atoms with Crippen molar-refractivity contribution in [1.29, 1.82) is 0 Å². The summed E-state index contributed by atoms with van der Waals surface area (Å²) in [4.78, 5) is 4.31. The lowest BCUT2D eigenvalue weighted by Gasteiger charge is -2.06. The smallest absolute Gasteiger partial charge is 0.201 e. The molecular weight excluding hydrogens is 289 g/mol. The van der Waals surface area contributed by atoms with Crippen LogP contribution in [0, 0.1) is 0 Å². The Kier molecular flexibility index (Phi) is 4.65. The number of anilines is 1. The van der Waals surface area contributed by atoms with E-state index in [2.05, 4.69) is 11.2 Å². The van der Waals surface area contributed by atoms with Crippen LogP contribution in [0.25, 0.3) is 11.0 Å². The lowest BCUT2D eigenvalue weighted by molar-refractivity contribution is 0.656. The molecule has 0 aliphatic rings. The van der Waals surface area contributed by atoms with E-state index in [-0.39, 0.29) is 0 Å². The zero-order chi connectivity index (χ0) is 13.1. The average molecular weight is 304 g/mol. The van der Waals surface area contributed by atoms with Crippen LogP contribution < -0.4 is 5.73 Å². The maximum absolute atomic E-state index is 6.04. The Bertz CT molecular complexity index is 554. The molecule has 0 aliphatic heterocycles. The highest BCUT2D eigenvalue weighted by atomic mass is 35.5. The second-order valence-electron chi connectivity index (χ2n) is 4.08. The molecule has 0 radical (unpaired) electrons. The van der Waals surface area contributed by atoms with Crippen molar-refractivity contribution >= 4 is 51.9 Å². The van der Waals surface area contributed by atoms with E-state index in [0.29, 0.717) is 16.0 Å². The monoisotopic (exact) mass is 303 g/mol. The number of aromatic nitrogens is 2. The number of hydrogen-bond donors (Lipinski definition) is 1. The van der Waals surface area contributed by atoms with Crippen LogP contribution in [0.1, 0.15) is 12.8 Å². The standard InChI is InChI=1S/C12H15Cl2N3S/c1-18-5-3-2-4-17-11-7-9(14)8(13)6-10(11)16-12(17)15/h6-7H,2-5H2,1H3,(H2,15,16). The lowest BCUT2D eigenvalue weighted by atomic mass is 10.3. The Morgan fingerprint density at radius 1 is 1.28 bits per heavy atom. The molecule has 0 aliphatic carbocycles. The van der Waals surface area contributed by atoms with Gasteiger partial charge in [-0.1, -0.05) is 23.2 Å². The van der Waals surface area contributed by atoms with Crippen molar-refractivity contribution in [3.05, 3.63) is 22.2 Å². The van der Waals surface area contributed by atoms with Crippen molar-refractivity contribution in [3.8, 4) is 0 Å². The largest absolute Gasteiger partial charge is 0.369 e. The van der Waals surface area contributed by atoms with Crippen molar-refractivity contribution in [2.45, 2.75) is 19.4 Å². The Morgan fingerprint density at radius 2 is 2.00 bits per heavy atom. The first-order valence-corrected chi connectivity index (χ1v) is 7.88. The number of thioether (sulfide) groups is 1. The van der Waals surface area contributed by atoms with Gasteiger partial charge < -0.3 is 10.3 Å². The van der Waals surface area contributed by atoms with Crippen LogP contribution in [-0.4, -0.2) is 21.6 Å². The molecule has 18 heavy (non-hydrogen) atoms. The molecule has 0 unspecified atom stereocenters. The summed E-state index contributed by atoms with van der Waals surface area (Å²) in [7, 11) is 0. The van der Waals surface area contributed by atoms with E-state index in [1.165, 1.54) is 12.2 Å². The highest BCUT2D eigenvalue weighted by Crippen LogP contribution is 2.29. The number of hydrogen-bond acceptors (Lipinski definition) is 3. The number of unbranched alkanes of at least 4 members (excludes halogenated alkanes) is 1. The minimum Gasteiger partial charge on any atom is -0.369 e. The summed E-state index contributed by atoms with van der Waals surface area (Å²) in [6, 6.07) is 3.59. The van der Waals surface area contributed by atoms with Gasteiger partial charge in [0.2, 0.25) is 5.95 Å². The number of fused-ring (bicyclic) bond motifs is 1. The van der Waals surface area contributed by atoms with Gasteiger partial charge in [0.25, 0.3) is 0 Å². The summed E-state index contributed by atoms with van der Waals surface area (Å²) >= 11 is 13.9. The number of halogens is 2. The van der Waals surface area contributed by atoms with E-state index in [1.54, 1.807) is 6.07 Å². The summed E-state index contributed by atoms with van der Waals surface area (Å²) in [6.45, 7) is 0.862. The quantitative estimate of drug-likeness (QED) is 0.847. The number of imidazole rings is 1. The van der Waals surface area contributed by atoms with E-state index in [1.807, 2.05) is 22.4 Å². The fraction of sp³-hybridized carbons (Fsp3) is 0.417. The molecule has 0 fully saturated rings. The van der Waals surface area contributed by atoms with Crippen molar-refractivity contribution in [3.63, 3.8) is 0 Å². The predicted molar refractivity (Wildman–Crippen MR) is 81.8 cm³/mol. The molecule has 2 N–H and O–H groups in total. The normalized spacial score (nSPS) is 11.3. The van der Waals surface area contributed by atoms with Gasteiger partial charge in [-0.25, -0.2) is 4.98 Å². The van der Waals surface area contributed by atoms with Gasteiger partial charge in [0.1, 0.15) is 0 Å². The number of benzene rings is 1. The van der Waals surface area contributed by atoms with Crippen molar-refractivity contribution in [2.24, 2.45) is 0 Å². The van der Waals surface area contributed by atoms with Crippen LogP contribution in [0.15, 0.2) is 12.1 Å². The molecule has 0 spiro atoms. The van der Waals surface area contributed by atoms with Crippen molar-refractivity contribution < 1.29 is 0 Å². The molecule has 0 amide bonds. The zero-order valence-electron chi connectivity index (χ0n) is 10.1. The fourth-order valence-corrected chi connectivity index (χ4v) is 2.70. The average Bonchev–Trinajstić information content (AvgIpc) is 2.62. The van der Waals surface area contributed by atoms with Crippen LogP contribution in [0.3, 0.4) is 0 Å². The van der Waals surface area contributed by atoms with E-state index >= 15 is 0 Å². The SMILES string of the molecule is CSCCCCn1c(N)nc2cc(Cl)c(Cl)cc21. The molecule has 0 saturated carbocycles. The summed E-state index contributed by atoms with van der Waals surface area (Å²) < 4.78 is 2.00. The Balaban J connectivity index is 2.26. The molecule has 1 aromatic carbocycles. The van der Waals surface area contributed by atoms with Crippen LogP contribution in [-0.2, 0) is 6.54 Å². The highest BCUT2D eigenvalue weighted by Gasteiger charge is 2.10. The van der Waals surface area contributed by atoms with Gasteiger partial charge in [-0.15, -0.1) is 0 Å². The van der Waals surface area contributed by atoms with Crippen LogP contribution in [0.2, 0.25) is 10.0 Å².